The zero-order valence-electron chi connectivity index (χ0n) is 15.7. The van der Waals surface area contributed by atoms with Crippen LogP contribution < -0.4 is 0 Å². The second kappa shape index (κ2) is 7.41. The number of aryl methyl sites for hydroxylation is 1. The van der Waals surface area contributed by atoms with Crippen LogP contribution in [0.5, 0.6) is 0 Å². The third-order valence-corrected chi connectivity index (χ3v) is 6.27. The summed E-state index contributed by atoms with van der Waals surface area (Å²) in [6.07, 6.45) is -4.85. The number of amides is 1. The Hall–Kier alpha value is -2.34. The molecule has 1 aliphatic rings. The number of carbonyl (C=O) groups excluding carboxylic acids is 1. The van der Waals surface area contributed by atoms with E-state index >= 15 is 0 Å². The molecule has 0 bridgehead atoms. The first-order valence-corrected chi connectivity index (χ1v) is 10.4. The van der Waals surface area contributed by atoms with Crippen molar-refractivity contribution in [2.45, 2.75) is 32.6 Å². The zero-order valence-corrected chi connectivity index (χ0v) is 18.1. The number of halogens is 5. The van der Waals surface area contributed by atoms with Gasteiger partial charge in [0, 0.05) is 13.1 Å². The Morgan fingerprint density at radius 2 is 2.00 bits per heavy atom. The predicted molar refractivity (Wildman–Crippen MR) is 104 cm³/mol. The SMILES string of the molecule is Cc1nsc(-c2nc(Br)c3n2CCN(C(=O)c2ccc(F)cc2C(F)(F)F)C3C)n1. The molecule has 1 unspecified atom stereocenters. The molecule has 3 aromatic rings. The highest BCUT2D eigenvalue weighted by Crippen LogP contribution is 2.38. The van der Waals surface area contributed by atoms with Crippen LogP contribution in [0.25, 0.3) is 10.8 Å². The fraction of sp³-hybridized carbons (Fsp3) is 0.333. The van der Waals surface area contributed by atoms with Gasteiger partial charge in [-0.2, -0.15) is 17.5 Å². The molecule has 0 saturated heterocycles. The second-order valence-electron chi connectivity index (χ2n) is 6.77. The predicted octanol–water partition coefficient (Wildman–Crippen LogP) is 4.85. The highest BCUT2D eigenvalue weighted by molar-refractivity contribution is 9.10. The molecule has 3 heterocycles. The molecule has 2 aromatic heterocycles. The lowest BCUT2D eigenvalue weighted by atomic mass is 10.0. The number of imidazole rings is 1. The average molecular weight is 504 g/mol. The van der Waals surface area contributed by atoms with E-state index in [0.717, 1.165) is 12.1 Å². The zero-order chi connectivity index (χ0) is 21.8. The van der Waals surface area contributed by atoms with Crippen LogP contribution in [0.4, 0.5) is 17.6 Å². The van der Waals surface area contributed by atoms with Gasteiger partial charge < -0.3 is 9.47 Å². The molecule has 12 heteroatoms. The molecule has 0 radical (unpaired) electrons. The summed E-state index contributed by atoms with van der Waals surface area (Å²) >= 11 is 4.59. The van der Waals surface area contributed by atoms with Crippen molar-refractivity contribution < 1.29 is 22.4 Å². The van der Waals surface area contributed by atoms with Gasteiger partial charge in [-0.15, -0.1) is 0 Å². The Morgan fingerprint density at radius 3 is 2.63 bits per heavy atom. The highest BCUT2D eigenvalue weighted by Gasteiger charge is 2.39. The largest absolute Gasteiger partial charge is 0.417 e. The molecule has 4 rings (SSSR count). The molecular formula is C18H14BrF4N5OS. The van der Waals surface area contributed by atoms with Crippen molar-refractivity contribution in [3.63, 3.8) is 0 Å². The van der Waals surface area contributed by atoms with Gasteiger partial charge in [0.1, 0.15) is 16.2 Å². The third kappa shape index (κ3) is 3.51. The first kappa shape index (κ1) is 20.9. The van der Waals surface area contributed by atoms with E-state index in [0.29, 0.717) is 39.6 Å². The second-order valence-corrected chi connectivity index (χ2v) is 8.28. The smallest absolute Gasteiger partial charge is 0.328 e. The first-order valence-electron chi connectivity index (χ1n) is 8.82. The van der Waals surface area contributed by atoms with Gasteiger partial charge in [0.2, 0.25) is 0 Å². The van der Waals surface area contributed by atoms with Gasteiger partial charge in [-0.05, 0) is 59.5 Å². The molecule has 0 spiro atoms. The van der Waals surface area contributed by atoms with Crippen LogP contribution >= 0.6 is 27.5 Å². The van der Waals surface area contributed by atoms with E-state index in [1.54, 1.807) is 13.8 Å². The van der Waals surface area contributed by atoms with E-state index < -0.39 is 35.1 Å². The Balaban J connectivity index is 1.72. The van der Waals surface area contributed by atoms with Crippen molar-refractivity contribution in [1.82, 2.24) is 23.8 Å². The first-order chi connectivity index (χ1) is 14.1. The fourth-order valence-corrected chi connectivity index (χ4v) is 4.91. The van der Waals surface area contributed by atoms with Gasteiger partial charge >= 0.3 is 6.18 Å². The fourth-order valence-electron chi connectivity index (χ4n) is 3.53. The summed E-state index contributed by atoms with van der Waals surface area (Å²) in [5.41, 5.74) is -1.23. The Morgan fingerprint density at radius 1 is 1.27 bits per heavy atom. The molecule has 0 N–H and O–H groups in total. The molecule has 1 aliphatic heterocycles. The number of hydrogen-bond acceptors (Lipinski definition) is 5. The quantitative estimate of drug-likeness (QED) is 0.469. The van der Waals surface area contributed by atoms with Crippen molar-refractivity contribution in [3.8, 4) is 10.8 Å². The van der Waals surface area contributed by atoms with E-state index in [1.165, 1.54) is 16.4 Å². The van der Waals surface area contributed by atoms with Crippen molar-refractivity contribution >= 4 is 33.4 Å². The minimum absolute atomic E-state index is 0.162. The van der Waals surface area contributed by atoms with E-state index in [1.807, 2.05) is 4.57 Å². The van der Waals surface area contributed by atoms with Crippen LogP contribution in [-0.2, 0) is 12.7 Å². The molecule has 30 heavy (non-hydrogen) atoms. The number of aromatic nitrogens is 4. The Labute approximate surface area is 180 Å². The van der Waals surface area contributed by atoms with Crippen LogP contribution in [0, 0.1) is 12.7 Å². The Bertz CT molecular complexity index is 1140. The average Bonchev–Trinajstić information content (AvgIpc) is 3.24. The van der Waals surface area contributed by atoms with Gasteiger partial charge in [-0.3, -0.25) is 4.79 Å². The number of rotatable bonds is 2. The lowest BCUT2D eigenvalue weighted by molar-refractivity contribution is -0.138. The molecular weight excluding hydrogens is 490 g/mol. The molecule has 0 aliphatic carbocycles. The van der Waals surface area contributed by atoms with Crippen molar-refractivity contribution in [1.29, 1.82) is 0 Å². The van der Waals surface area contributed by atoms with E-state index in [4.69, 9.17) is 0 Å². The molecule has 1 atom stereocenters. The van der Waals surface area contributed by atoms with Crippen LogP contribution in [0.1, 0.15) is 40.4 Å². The molecule has 0 saturated carbocycles. The minimum Gasteiger partial charge on any atom is -0.328 e. The summed E-state index contributed by atoms with van der Waals surface area (Å²) in [7, 11) is 0. The van der Waals surface area contributed by atoms with Gasteiger partial charge in [-0.25, -0.2) is 14.4 Å². The monoisotopic (exact) mass is 503 g/mol. The molecule has 6 nitrogen and oxygen atoms in total. The lowest BCUT2D eigenvalue weighted by Gasteiger charge is -2.35. The van der Waals surface area contributed by atoms with Crippen molar-refractivity contribution in [3.05, 3.63) is 51.3 Å². The standard InChI is InChI=1S/C18H14BrF4N5OS/c1-8-13-14(19)25-15(16-24-9(2)26-30-16)28(13)6-5-27(8)17(29)11-4-3-10(20)7-12(11)18(21,22)23/h3-4,7-8H,5-6H2,1-2H3. The van der Waals surface area contributed by atoms with E-state index in [2.05, 4.69) is 30.3 Å². The molecule has 1 amide bonds. The third-order valence-electron chi connectivity index (χ3n) is 4.89. The summed E-state index contributed by atoms with van der Waals surface area (Å²) in [5, 5.41) is 0.615. The molecule has 1 aromatic carbocycles. The van der Waals surface area contributed by atoms with Crippen molar-refractivity contribution in [2.24, 2.45) is 0 Å². The molecule has 158 valence electrons. The maximum absolute atomic E-state index is 13.4. The van der Waals surface area contributed by atoms with E-state index in [9.17, 15) is 22.4 Å². The number of fused-ring (bicyclic) bond motifs is 1. The summed E-state index contributed by atoms with van der Waals surface area (Å²) in [4.78, 5) is 23.2. The van der Waals surface area contributed by atoms with Gasteiger partial charge in [0.15, 0.2) is 10.8 Å². The summed E-state index contributed by atoms with van der Waals surface area (Å²) < 4.78 is 60.1. The normalized spacial score (nSPS) is 16.6. The van der Waals surface area contributed by atoms with Crippen LogP contribution in [0.15, 0.2) is 22.8 Å². The van der Waals surface area contributed by atoms with Crippen LogP contribution in [0.2, 0.25) is 0 Å². The van der Waals surface area contributed by atoms with Crippen molar-refractivity contribution in [2.75, 3.05) is 6.54 Å². The lowest BCUT2D eigenvalue weighted by Crippen LogP contribution is -2.41. The number of hydrogen-bond donors (Lipinski definition) is 0. The number of benzene rings is 1. The van der Waals surface area contributed by atoms with Crippen LogP contribution in [-0.4, -0.2) is 36.3 Å². The Kier molecular flexibility index (Phi) is 5.17. The molecule has 0 fully saturated rings. The summed E-state index contributed by atoms with van der Waals surface area (Å²) in [6.45, 7) is 3.95. The van der Waals surface area contributed by atoms with Gasteiger partial charge in [0.05, 0.1) is 22.9 Å². The topological polar surface area (TPSA) is 63.9 Å². The highest BCUT2D eigenvalue weighted by atomic mass is 79.9. The van der Waals surface area contributed by atoms with E-state index in [-0.39, 0.29) is 6.54 Å². The summed E-state index contributed by atoms with van der Waals surface area (Å²) in [6, 6.07) is 1.51. The van der Waals surface area contributed by atoms with Gasteiger partial charge in [0.25, 0.3) is 5.91 Å². The summed E-state index contributed by atoms with van der Waals surface area (Å²) in [5.74, 6) is -0.676. The number of nitrogens with zero attached hydrogens (tertiary/aromatic N) is 5. The minimum atomic E-state index is -4.85. The van der Waals surface area contributed by atoms with Crippen LogP contribution in [0.3, 0.4) is 0 Å². The maximum atomic E-state index is 13.4. The number of alkyl halides is 3. The van der Waals surface area contributed by atoms with Gasteiger partial charge in [-0.1, -0.05) is 0 Å². The maximum Gasteiger partial charge on any atom is 0.417 e. The number of carbonyl (C=O) groups is 1.